The van der Waals surface area contributed by atoms with Crippen LogP contribution in [0.5, 0.6) is 0 Å². The van der Waals surface area contributed by atoms with Crippen molar-refractivity contribution in [2.24, 2.45) is 5.92 Å². The van der Waals surface area contributed by atoms with Gasteiger partial charge in [0, 0.05) is 13.0 Å². The van der Waals surface area contributed by atoms with E-state index < -0.39 is 0 Å². The Labute approximate surface area is 220 Å². The molecule has 0 aromatic heterocycles. The van der Waals surface area contributed by atoms with Crippen LogP contribution in [0.25, 0.3) is 0 Å². The Balaban J connectivity index is 3.43. The largest absolute Gasteiger partial charge is 0.469 e. The lowest BCUT2D eigenvalue weighted by molar-refractivity contribution is -0.140. The fraction of sp³-hybridized carbons (Fsp3) is 0.906. The van der Waals surface area contributed by atoms with Crippen LogP contribution in [-0.4, -0.2) is 38.6 Å². The van der Waals surface area contributed by atoms with Crippen molar-refractivity contribution in [1.82, 2.24) is 4.90 Å². The average Bonchev–Trinajstić information content (AvgIpc) is 2.84. The maximum Gasteiger partial charge on any atom is 0.305 e. The summed E-state index contributed by atoms with van der Waals surface area (Å²) in [7, 11) is 5.94. The highest BCUT2D eigenvalue weighted by Crippen LogP contribution is 2.20. The third kappa shape index (κ3) is 27.6. The lowest BCUT2D eigenvalue weighted by Crippen LogP contribution is -2.21. The summed E-state index contributed by atoms with van der Waals surface area (Å²) in [6.07, 6.45) is 35.0. The van der Waals surface area contributed by atoms with Crippen molar-refractivity contribution >= 4 is 5.97 Å². The summed E-state index contributed by atoms with van der Waals surface area (Å²) in [5.74, 6) is 0.841. The molecule has 0 aliphatic rings. The van der Waals surface area contributed by atoms with Crippen molar-refractivity contribution in [3.63, 3.8) is 0 Å². The van der Waals surface area contributed by atoms with Gasteiger partial charge in [-0.05, 0) is 65.0 Å². The van der Waals surface area contributed by atoms with Crippen LogP contribution in [0, 0.1) is 5.92 Å². The van der Waals surface area contributed by atoms with Crippen LogP contribution in [-0.2, 0) is 9.53 Å². The molecule has 3 nitrogen and oxygen atoms in total. The summed E-state index contributed by atoms with van der Waals surface area (Å²) in [4.78, 5) is 13.4. The standard InChI is InChI=1S/C32H63NO2/c1-5-6-7-21-24-27-31(30-33(2)3)28-25-22-19-17-15-13-11-9-8-10-12-14-16-18-20-23-26-29-32(34)35-4/h10,12,31H,5-9,11,13-30H2,1-4H3/b12-10-. The topological polar surface area (TPSA) is 29.5 Å². The molecule has 0 fully saturated rings. The number of allylic oxidation sites excluding steroid dienone is 2. The Morgan fingerprint density at radius 3 is 1.54 bits per heavy atom. The zero-order valence-electron chi connectivity index (χ0n) is 24.5. The van der Waals surface area contributed by atoms with Gasteiger partial charge >= 0.3 is 5.97 Å². The number of esters is 1. The highest BCUT2D eigenvalue weighted by atomic mass is 16.5. The first-order valence-corrected chi connectivity index (χ1v) is 15.5. The van der Waals surface area contributed by atoms with Gasteiger partial charge in [-0.1, -0.05) is 115 Å². The fourth-order valence-electron chi connectivity index (χ4n) is 5.04. The number of ether oxygens (including phenoxy) is 1. The summed E-state index contributed by atoms with van der Waals surface area (Å²) in [6, 6.07) is 0. The van der Waals surface area contributed by atoms with Crippen molar-refractivity contribution in [1.29, 1.82) is 0 Å². The van der Waals surface area contributed by atoms with E-state index in [2.05, 4.69) is 42.8 Å². The zero-order valence-corrected chi connectivity index (χ0v) is 24.5. The number of rotatable bonds is 27. The maximum absolute atomic E-state index is 11.0. The molecule has 3 heteroatoms. The molecule has 0 saturated heterocycles. The van der Waals surface area contributed by atoms with E-state index in [1.165, 1.54) is 142 Å². The molecule has 0 rings (SSSR count). The Bertz CT molecular complexity index is 460. The van der Waals surface area contributed by atoms with Gasteiger partial charge in [0.05, 0.1) is 7.11 Å². The van der Waals surface area contributed by atoms with Crippen molar-refractivity contribution < 1.29 is 9.53 Å². The van der Waals surface area contributed by atoms with E-state index in [9.17, 15) is 4.79 Å². The van der Waals surface area contributed by atoms with Gasteiger partial charge in [-0.25, -0.2) is 0 Å². The molecule has 0 amide bonds. The van der Waals surface area contributed by atoms with Gasteiger partial charge in [0.25, 0.3) is 0 Å². The number of carbonyl (C=O) groups excluding carboxylic acids is 1. The van der Waals surface area contributed by atoms with Crippen molar-refractivity contribution in [3.05, 3.63) is 12.2 Å². The Morgan fingerprint density at radius 2 is 1.09 bits per heavy atom. The first-order chi connectivity index (χ1) is 17.1. The Morgan fingerprint density at radius 1 is 0.657 bits per heavy atom. The van der Waals surface area contributed by atoms with Gasteiger partial charge < -0.3 is 9.64 Å². The molecule has 0 aromatic carbocycles. The first-order valence-electron chi connectivity index (χ1n) is 15.5. The summed E-state index contributed by atoms with van der Waals surface area (Å²) in [5, 5.41) is 0. The number of unbranched alkanes of at least 4 members (excludes halogenated alkanes) is 17. The monoisotopic (exact) mass is 493 g/mol. The van der Waals surface area contributed by atoms with Gasteiger partial charge in [0.1, 0.15) is 0 Å². The van der Waals surface area contributed by atoms with Crippen molar-refractivity contribution in [2.75, 3.05) is 27.7 Å². The molecule has 0 aliphatic heterocycles. The quantitative estimate of drug-likeness (QED) is 0.0647. The molecule has 0 aliphatic carbocycles. The molecular weight excluding hydrogens is 430 g/mol. The van der Waals surface area contributed by atoms with Crippen LogP contribution in [0.2, 0.25) is 0 Å². The van der Waals surface area contributed by atoms with Crippen LogP contribution in [0.3, 0.4) is 0 Å². The Kier molecular flexibility index (Phi) is 27.1. The van der Waals surface area contributed by atoms with Crippen molar-refractivity contribution in [3.8, 4) is 0 Å². The second-order valence-corrected chi connectivity index (χ2v) is 11.1. The minimum atomic E-state index is -0.0733. The summed E-state index contributed by atoms with van der Waals surface area (Å²) < 4.78 is 4.67. The number of hydrogen-bond acceptors (Lipinski definition) is 3. The second-order valence-electron chi connectivity index (χ2n) is 11.1. The normalized spacial score (nSPS) is 12.6. The zero-order chi connectivity index (χ0) is 25.8. The van der Waals surface area contributed by atoms with Gasteiger partial charge in [-0.15, -0.1) is 0 Å². The minimum absolute atomic E-state index is 0.0733. The third-order valence-corrected chi connectivity index (χ3v) is 7.22. The molecule has 0 radical (unpaired) electrons. The molecular formula is C32H63NO2. The molecule has 1 atom stereocenters. The molecule has 35 heavy (non-hydrogen) atoms. The van der Waals surface area contributed by atoms with E-state index in [0.29, 0.717) is 6.42 Å². The van der Waals surface area contributed by atoms with E-state index in [-0.39, 0.29) is 5.97 Å². The maximum atomic E-state index is 11.0. The fourth-order valence-corrected chi connectivity index (χ4v) is 5.04. The average molecular weight is 494 g/mol. The van der Waals surface area contributed by atoms with E-state index >= 15 is 0 Å². The summed E-state index contributed by atoms with van der Waals surface area (Å²) in [6.45, 7) is 3.58. The van der Waals surface area contributed by atoms with Crippen LogP contribution in [0.4, 0.5) is 0 Å². The lowest BCUT2D eigenvalue weighted by atomic mass is 9.93. The minimum Gasteiger partial charge on any atom is -0.469 e. The van der Waals surface area contributed by atoms with Gasteiger partial charge in [-0.3, -0.25) is 4.79 Å². The van der Waals surface area contributed by atoms with Gasteiger partial charge in [-0.2, -0.15) is 0 Å². The number of methoxy groups -OCH3 is 1. The van der Waals surface area contributed by atoms with Crippen LogP contribution >= 0.6 is 0 Å². The van der Waals surface area contributed by atoms with E-state index in [1.54, 1.807) is 0 Å². The van der Waals surface area contributed by atoms with Gasteiger partial charge in [0.2, 0.25) is 0 Å². The van der Waals surface area contributed by atoms with E-state index in [4.69, 9.17) is 0 Å². The lowest BCUT2D eigenvalue weighted by Gasteiger charge is -2.21. The molecule has 208 valence electrons. The van der Waals surface area contributed by atoms with E-state index in [1.807, 2.05) is 0 Å². The highest BCUT2D eigenvalue weighted by Gasteiger charge is 2.09. The van der Waals surface area contributed by atoms with Crippen LogP contribution < -0.4 is 0 Å². The molecule has 0 aromatic rings. The second kappa shape index (κ2) is 27.8. The van der Waals surface area contributed by atoms with Crippen molar-refractivity contribution in [2.45, 2.75) is 155 Å². The molecule has 1 unspecified atom stereocenters. The highest BCUT2D eigenvalue weighted by molar-refractivity contribution is 5.68. The molecule has 0 heterocycles. The number of nitrogens with zero attached hydrogens (tertiary/aromatic N) is 1. The smallest absolute Gasteiger partial charge is 0.305 e. The molecule has 0 bridgehead atoms. The van der Waals surface area contributed by atoms with Crippen LogP contribution in [0.1, 0.15) is 155 Å². The van der Waals surface area contributed by atoms with Gasteiger partial charge in [0.15, 0.2) is 0 Å². The molecule has 0 spiro atoms. The van der Waals surface area contributed by atoms with Crippen LogP contribution in [0.15, 0.2) is 12.2 Å². The van der Waals surface area contributed by atoms with E-state index in [0.717, 1.165) is 18.8 Å². The first kappa shape index (κ1) is 34.2. The number of hydrogen-bond donors (Lipinski definition) is 0. The summed E-state index contributed by atoms with van der Waals surface area (Å²) >= 11 is 0. The summed E-state index contributed by atoms with van der Waals surface area (Å²) in [5.41, 5.74) is 0. The Hall–Kier alpha value is -0.830. The third-order valence-electron chi connectivity index (χ3n) is 7.22. The molecule has 0 N–H and O–H groups in total. The number of carbonyl (C=O) groups is 1. The predicted octanol–water partition coefficient (Wildman–Crippen LogP) is 9.89. The molecule has 0 saturated carbocycles. The SMILES string of the molecule is CCCCCCCC(CCCCCCCCCC/C=C\CCCCCCCC(=O)OC)CN(C)C. The predicted molar refractivity (Wildman–Crippen MR) is 155 cm³/mol.